The van der Waals surface area contributed by atoms with Crippen molar-refractivity contribution in [2.45, 2.75) is 6.18 Å². The number of aromatic nitrogens is 1. The van der Waals surface area contributed by atoms with Crippen molar-refractivity contribution in [3.8, 4) is 0 Å². The number of rotatable bonds is 3. The number of hydrogen-bond donors (Lipinski definition) is 1. The molecule has 6 nitrogen and oxygen atoms in total. The summed E-state index contributed by atoms with van der Waals surface area (Å²) in [5.41, 5.74) is -1.12. The van der Waals surface area contributed by atoms with E-state index in [4.69, 9.17) is 0 Å². The molecule has 9 heteroatoms. The first kappa shape index (κ1) is 14.6. The van der Waals surface area contributed by atoms with E-state index in [1.54, 1.807) is 0 Å². The summed E-state index contributed by atoms with van der Waals surface area (Å²) < 4.78 is 37.6. The molecule has 0 spiro atoms. The number of halogens is 3. The fraction of sp³-hybridized carbons (Fsp3) is 0.0833. The van der Waals surface area contributed by atoms with E-state index >= 15 is 0 Å². The minimum Gasteiger partial charge on any atom is -0.619 e. The second kappa shape index (κ2) is 5.27. The largest absolute Gasteiger partial charge is 0.619 e. The standard InChI is InChI=1S/C12H8F3N3O3/c13-12(14,15)8-1-3-9(4-2-8)16-10-7-17(19)6-5-11(10)18(20)21/h1-7,16H. The van der Waals surface area contributed by atoms with Gasteiger partial charge in [0.25, 0.3) is 0 Å². The normalized spacial score (nSPS) is 11.2. The van der Waals surface area contributed by atoms with E-state index in [1.165, 1.54) is 0 Å². The summed E-state index contributed by atoms with van der Waals surface area (Å²) in [4.78, 5) is 10.1. The van der Waals surface area contributed by atoms with Crippen LogP contribution in [0.1, 0.15) is 5.56 Å². The van der Waals surface area contributed by atoms with Crippen molar-refractivity contribution in [3.05, 3.63) is 63.6 Å². The van der Waals surface area contributed by atoms with Gasteiger partial charge in [0.05, 0.1) is 16.6 Å². The van der Waals surface area contributed by atoms with Crippen molar-refractivity contribution in [3.63, 3.8) is 0 Å². The average molecular weight is 299 g/mol. The van der Waals surface area contributed by atoms with Crippen molar-refractivity contribution in [1.29, 1.82) is 0 Å². The third-order valence-corrected chi connectivity index (χ3v) is 2.60. The molecule has 110 valence electrons. The Bertz CT molecular complexity index is 672. The van der Waals surface area contributed by atoms with Gasteiger partial charge >= 0.3 is 11.9 Å². The molecule has 0 saturated heterocycles. The van der Waals surface area contributed by atoms with Crippen molar-refractivity contribution < 1.29 is 22.8 Å². The minimum absolute atomic E-state index is 0.114. The maximum Gasteiger partial charge on any atom is 0.416 e. The number of anilines is 2. The van der Waals surface area contributed by atoms with Gasteiger partial charge in [-0.1, -0.05) is 0 Å². The Kier molecular flexibility index (Phi) is 3.66. The predicted octanol–water partition coefficient (Wildman–Crippen LogP) is 2.99. The molecule has 0 atom stereocenters. The highest BCUT2D eigenvalue weighted by molar-refractivity contribution is 5.67. The van der Waals surface area contributed by atoms with Gasteiger partial charge in [-0.15, -0.1) is 0 Å². The van der Waals surface area contributed by atoms with Crippen LogP contribution in [0.2, 0.25) is 0 Å². The smallest absolute Gasteiger partial charge is 0.416 e. The molecule has 21 heavy (non-hydrogen) atoms. The van der Waals surface area contributed by atoms with Crippen molar-refractivity contribution in [2.24, 2.45) is 0 Å². The van der Waals surface area contributed by atoms with E-state index in [0.29, 0.717) is 4.73 Å². The minimum atomic E-state index is -4.46. The summed E-state index contributed by atoms with van der Waals surface area (Å²) in [6.07, 6.45) is -2.58. The van der Waals surface area contributed by atoms with E-state index in [9.17, 15) is 28.5 Å². The molecule has 2 rings (SSSR count). The lowest BCUT2D eigenvalue weighted by atomic mass is 10.2. The van der Waals surface area contributed by atoms with Gasteiger partial charge in [0.15, 0.2) is 11.9 Å². The third-order valence-electron chi connectivity index (χ3n) is 2.60. The van der Waals surface area contributed by atoms with Gasteiger partial charge in [-0.3, -0.25) is 10.1 Å². The van der Waals surface area contributed by atoms with Crippen LogP contribution in [0.25, 0.3) is 0 Å². The van der Waals surface area contributed by atoms with Gasteiger partial charge in [-0.2, -0.15) is 17.9 Å². The first-order valence-electron chi connectivity index (χ1n) is 5.59. The van der Waals surface area contributed by atoms with E-state index in [1.807, 2.05) is 0 Å². The van der Waals surface area contributed by atoms with Crippen LogP contribution in [0.3, 0.4) is 0 Å². The van der Waals surface area contributed by atoms with Crippen LogP contribution < -0.4 is 10.0 Å². The van der Waals surface area contributed by atoms with Gasteiger partial charge in [-0.25, -0.2) is 0 Å². The molecule has 0 aliphatic carbocycles. The molecule has 0 radical (unpaired) electrons. The second-order valence-corrected chi connectivity index (χ2v) is 4.06. The summed E-state index contributed by atoms with van der Waals surface area (Å²) in [5, 5.41) is 24.5. The molecular formula is C12H8F3N3O3. The van der Waals surface area contributed by atoms with Crippen LogP contribution in [0.5, 0.6) is 0 Å². The topological polar surface area (TPSA) is 82.1 Å². The number of pyridine rings is 1. The summed E-state index contributed by atoms with van der Waals surface area (Å²) in [6, 6.07) is 4.91. The lowest BCUT2D eigenvalue weighted by Gasteiger charge is -2.09. The van der Waals surface area contributed by atoms with E-state index in [2.05, 4.69) is 5.32 Å². The van der Waals surface area contributed by atoms with Gasteiger partial charge < -0.3 is 10.5 Å². The molecule has 1 aromatic carbocycles. The molecule has 2 aromatic rings. The number of hydrogen-bond acceptors (Lipinski definition) is 4. The number of benzene rings is 1. The number of nitro groups is 1. The third kappa shape index (κ3) is 3.38. The van der Waals surface area contributed by atoms with E-state index < -0.39 is 16.7 Å². The highest BCUT2D eigenvalue weighted by Crippen LogP contribution is 2.31. The monoisotopic (exact) mass is 299 g/mol. The fourth-order valence-corrected chi connectivity index (χ4v) is 1.62. The van der Waals surface area contributed by atoms with E-state index in [0.717, 1.165) is 42.7 Å². The van der Waals surface area contributed by atoms with Crippen LogP contribution in [0.4, 0.5) is 30.2 Å². The van der Waals surface area contributed by atoms with Crippen LogP contribution >= 0.6 is 0 Å². The van der Waals surface area contributed by atoms with Crippen molar-refractivity contribution >= 4 is 17.1 Å². The van der Waals surface area contributed by atoms with Crippen LogP contribution in [-0.2, 0) is 6.18 Å². The highest BCUT2D eigenvalue weighted by atomic mass is 19.4. The van der Waals surface area contributed by atoms with Gasteiger partial charge in [0.2, 0.25) is 6.20 Å². The van der Waals surface area contributed by atoms with Crippen LogP contribution in [0.15, 0.2) is 42.7 Å². The van der Waals surface area contributed by atoms with E-state index in [-0.39, 0.29) is 17.1 Å². The van der Waals surface area contributed by atoms with Crippen molar-refractivity contribution in [2.75, 3.05) is 5.32 Å². The molecule has 0 aliphatic heterocycles. The maximum absolute atomic E-state index is 12.4. The lowest BCUT2D eigenvalue weighted by Crippen LogP contribution is -2.25. The summed E-state index contributed by atoms with van der Waals surface area (Å²) in [7, 11) is 0. The molecule has 1 N–H and O–H groups in total. The zero-order chi connectivity index (χ0) is 15.6. The van der Waals surface area contributed by atoms with Gasteiger partial charge in [-0.05, 0) is 24.3 Å². The van der Waals surface area contributed by atoms with Crippen LogP contribution in [-0.4, -0.2) is 4.92 Å². The Hall–Kier alpha value is -2.84. The highest BCUT2D eigenvalue weighted by Gasteiger charge is 2.30. The number of nitrogens with one attached hydrogen (secondary N) is 1. The Labute approximate surface area is 116 Å². The SMILES string of the molecule is O=[N+]([O-])c1cc[n+]([O-])cc1Nc1ccc(C(F)(F)F)cc1. The fourth-order valence-electron chi connectivity index (χ4n) is 1.62. The van der Waals surface area contributed by atoms with Crippen LogP contribution in [0, 0.1) is 15.3 Å². The molecule has 0 unspecified atom stereocenters. The summed E-state index contributed by atoms with van der Waals surface area (Å²) >= 11 is 0. The Morgan fingerprint density at radius 2 is 1.76 bits per heavy atom. The molecule has 0 bridgehead atoms. The Balaban J connectivity index is 2.30. The molecule has 0 fully saturated rings. The average Bonchev–Trinajstić information content (AvgIpc) is 2.38. The quantitative estimate of drug-likeness (QED) is 0.409. The number of nitrogens with zero attached hydrogens (tertiary/aromatic N) is 2. The first-order chi connectivity index (χ1) is 9.77. The maximum atomic E-state index is 12.4. The number of alkyl halides is 3. The summed E-state index contributed by atoms with van der Waals surface area (Å²) in [5.74, 6) is 0. The Morgan fingerprint density at radius 3 is 2.29 bits per heavy atom. The Morgan fingerprint density at radius 1 is 1.14 bits per heavy atom. The zero-order valence-corrected chi connectivity index (χ0v) is 10.3. The molecule has 0 aliphatic rings. The summed E-state index contributed by atoms with van der Waals surface area (Å²) in [6.45, 7) is 0. The lowest BCUT2D eigenvalue weighted by molar-refractivity contribution is -0.605. The first-order valence-corrected chi connectivity index (χ1v) is 5.59. The molecule has 0 amide bonds. The zero-order valence-electron chi connectivity index (χ0n) is 10.3. The molecule has 1 aromatic heterocycles. The van der Waals surface area contributed by atoms with Gasteiger partial charge in [0.1, 0.15) is 0 Å². The second-order valence-electron chi connectivity index (χ2n) is 4.06. The molecule has 0 saturated carbocycles. The van der Waals surface area contributed by atoms with Crippen molar-refractivity contribution in [1.82, 2.24) is 0 Å². The predicted molar refractivity (Wildman–Crippen MR) is 66.8 cm³/mol. The molecule has 1 heterocycles. The molecular weight excluding hydrogens is 291 g/mol. The van der Waals surface area contributed by atoms with Gasteiger partial charge in [0, 0.05) is 5.69 Å².